The molecule has 1 aromatic rings. The highest BCUT2D eigenvalue weighted by atomic mass is 16.5. The minimum absolute atomic E-state index is 0.348. The summed E-state index contributed by atoms with van der Waals surface area (Å²) in [5, 5.41) is 7.12. The molecule has 18 heavy (non-hydrogen) atoms. The van der Waals surface area contributed by atoms with Gasteiger partial charge in [-0.1, -0.05) is 26.8 Å². The molecule has 0 spiro atoms. The van der Waals surface area contributed by atoms with E-state index in [0.717, 1.165) is 30.1 Å². The fourth-order valence-corrected chi connectivity index (χ4v) is 2.56. The Labute approximate surface area is 110 Å². The average Bonchev–Trinajstić information content (AvgIpc) is 2.47. The summed E-state index contributed by atoms with van der Waals surface area (Å²) in [6.45, 7) is 7.86. The third kappa shape index (κ3) is 3.09. The lowest BCUT2D eigenvalue weighted by atomic mass is 9.87. The van der Waals surface area contributed by atoms with E-state index in [0.29, 0.717) is 11.5 Å². The fraction of sp³-hybridized carbons (Fsp3) is 0.600. The summed E-state index contributed by atoms with van der Waals surface area (Å²) in [6, 6.07) is 6.67. The Hall–Kier alpha value is -1.38. The van der Waals surface area contributed by atoms with Crippen molar-refractivity contribution in [2.45, 2.75) is 39.7 Å². The molecule has 0 fully saturated rings. The van der Waals surface area contributed by atoms with Gasteiger partial charge < -0.3 is 15.4 Å². The van der Waals surface area contributed by atoms with E-state index in [-0.39, 0.29) is 0 Å². The van der Waals surface area contributed by atoms with Crippen molar-refractivity contribution in [2.24, 2.45) is 5.41 Å². The van der Waals surface area contributed by atoms with Crippen LogP contribution in [-0.4, -0.2) is 19.7 Å². The lowest BCUT2D eigenvalue weighted by Gasteiger charge is -2.26. The van der Waals surface area contributed by atoms with E-state index in [1.807, 2.05) is 12.1 Å². The third-order valence-electron chi connectivity index (χ3n) is 3.26. The van der Waals surface area contributed by atoms with Gasteiger partial charge in [0.05, 0.1) is 12.8 Å². The summed E-state index contributed by atoms with van der Waals surface area (Å²) >= 11 is 0. The predicted octanol–water partition coefficient (Wildman–Crippen LogP) is 3.73. The first-order valence-electron chi connectivity index (χ1n) is 6.67. The Morgan fingerprint density at radius 2 is 2.11 bits per heavy atom. The molecule has 0 aliphatic carbocycles. The molecule has 100 valence electrons. The van der Waals surface area contributed by atoms with Crippen molar-refractivity contribution in [3.05, 3.63) is 18.2 Å². The number of hydrogen-bond donors (Lipinski definition) is 2. The van der Waals surface area contributed by atoms with Crippen LogP contribution in [0, 0.1) is 5.41 Å². The molecule has 0 bridgehead atoms. The van der Waals surface area contributed by atoms with Crippen LogP contribution in [0.5, 0.6) is 5.75 Å². The molecule has 1 atom stereocenters. The van der Waals surface area contributed by atoms with Crippen LogP contribution < -0.4 is 15.4 Å². The topological polar surface area (TPSA) is 33.3 Å². The van der Waals surface area contributed by atoms with E-state index < -0.39 is 0 Å². The highest BCUT2D eigenvalue weighted by Gasteiger charge is 2.22. The Balaban J connectivity index is 2.20. The van der Waals surface area contributed by atoms with E-state index in [4.69, 9.17) is 4.74 Å². The standard InChI is InChI=1S/C15H24N2O/c1-15(2,3)10-11-8-9-16-14-12(17-11)6-5-7-13(14)18-4/h5-7,11,16-17H,8-10H2,1-4H3. The predicted molar refractivity (Wildman–Crippen MR) is 77.6 cm³/mol. The molecule has 0 radical (unpaired) electrons. The highest BCUT2D eigenvalue weighted by molar-refractivity contribution is 5.76. The molecular weight excluding hydrogens is 224 g/mol. The van der Waals surface area contributed by atoms with Gasteiger partial charge in [0, 0.05) is 12.6 Å². The van der Waals surface area contributed by atoms with Crippen LogP contribution >= 0.6 is 0 Å². The number of hydrogen-bond acceptors (Lipinski definition) is 3. The molecule has 1 aromatic carbocycles. The van der Waals surface area contributed by atoms with Crippen molar-refractivity contribution in [3.63, 3.8) is 0 Å². The summed E-state index contributed by atoms with van der Waals surface area (Å²) in [6.07, 6.45) is 2.31. The summed E-state index contributed by atoms with van der Waals surface area (Å²) in [5.41, 5.74) is 2.60. The van der Waals surface area contributed by atoms with Crippen molar-refractivity contribution in [1.82, 2.24) is 0 Å². The smallest absolute Gasteiger partial charge is 0.144 e. The lowest BCUT2D eigenvalue weighted by Crippen LogP contribution is -2.25. The molecule has 3 nitrogen and oxygen atoms in total. The van der Waals surface area contributed by atoms with Gasteiger partial charge in [-0.05, 0) is 30.4 Å². The number of methoxy groups -OCH3 is 1. The van der Waals surface area contributed by atoms with Gasteiger partial charge >= 0.3 is 0 Å². The number of benzene rings is 1. The van der Waals surface area contributed by atoms with Gasteiger partial charge in [-0.15, -0.1) is 0 Å². The zero-order chi connectivity index (χ0) is 13.2. The first kappa shape index (κ1) is 13.1. The monoisotopic (exact) mass is 248 g/mol. The average molecular weight is 248 g/mol. The summed E-state index contributed by atoms with van der Waals surface area (Å²) in [5.74, 6) is 0.913. The molecule has 2 N–H and O–H groups in total. The van der Waals surface area contributed by atoms with E-state index in [2.05, 4.69) is 37.5 Å². The van der Waals surface area contributed by atoms with E-state index >= 15 is 0 Å². The number of nitrogens with one attached hydrogen (secondary N) is 2. The molecule has 0 amide bonds. The van der Waals surface area contributed by atoms with E-state index in [1.165, 1.54) is 6.42 Å². The second-order valence-corrected chi connectivity index (χ2v) is 6.20. The second-order valence-electron chi connectivity index (χ2n) is 6.20. The van der Waals surface area contributed by atoms with Gasteiger partial charge in [0.2, 0.25) is 0 Å². The fourth-order valence-electron chi connectivity index (χ4n) is 2.56. The third-order valence-corrected chi connectivity index (χ3v) is 3.26. The summed E-state index contributed by atoms with van der Waals surface area (Å²) < 4.78 is 5.40. The van der Waals surface area contributed by atoms with Crippen molar-refractivity contribution in [2.75, 3.05) is 24.3 Å². The minimum Gasteiger partial charge on any atom is -0.495 e. The number of para-hydroxylation sites is 1. The zero-order valence-electron chi connectivity index (χ0n) is 11.8. The molecule has 1 heterocycles. The Kier molecular flexibility index (Phi) is 3.69. The maximum absolute atomic E-state index is 5.40. The number of rotatable bonds is 2. The highest BCUT2D eigenvalue weighted by Crippen LogP contribution is 2.36. The van der Waals surface area contributed by atoms with Crippen LogP contribution in [0.3, 0.4) is 0 Å². The Morgan fingerprint density at radius 1 is 1.33 bits per heavy atom. The quantitative estimate of drug-likeness (QED) is 0.836. The lowest BCUT2D eigenvalue weighted by molar-refractivity contribution is 0.345. The maximum atomic E-state index is 5.40. The summed E-state index contributed by atoms with van der Waals surface area (Å²) in [4.78, 5) is 0. The van der Waals surface area contributed by atoms with Gasteiger partial charge in [-0.25, -0.2) is 0 Å². The van der Waals surface area contributed by atoms with Crippen LogP contribution in [-0.2, 0) is 0 Å². The number of anilines is 2. The second kappa shape index (κ2) is 5.09. The van der Waals surface area contributed by atoms with Gasteiger partial charge in [-0.3, -0.25) is 0 Å². The van der Waals surface area contributed by atoms with Crippen molar-refractivity contribution < 1.29 is 4.74 Å². The SMILES string of the molecule is COc1cccc2c1NCCC(CC(C)(C)C)N2. The molecule has 0 saturated carbocycles. The normalized spacial score (nSPS) is 19.2. The van der Waals surface area contributed by atoms with Crippen LogP contribution in [0.2, 0.25) is 0 Å². The molecule has 3 heteroatoms. The van der Waals surface area contributed by atoms with Gasteiger partial charge in [-0.2, -0.15) is 0 Å². The van der Waals surface area contributed by atoms with Crippen molar-refractivity contribution in [1.29, 1.82) is 0 Å². The number of fused-ring (bicyclic) bond motifs is 1. The van der Waals surface area contributed by atoms with Crippen molar-refractivity contribution >= 4 is 11.4 Å². The van der Waals surface area contributed by atoms with E-state index in [1.54, 1.807) is 7.11 Å². The first-order chi connectivity index (χ1) is 8.49. The van der Waals surface area contributed by atoms with E-state index in [9.17, 15) is 0 Å². The van der Waals surface area contributed by atoms with Gasteiger partial charge in [0.25, 0.3) is 0 Å². The molecule has 2 rings (SSSR count). The van der Waals surface area contributed by atoms with Crippen LogP contribution in [0.25, 0.3) is 0 Å². The molecular formula is C15H24N2O. The van der Waals surface area contributed by atoms with Crippen LogP contribution in [0.4, 0.5) is 11.4 Å². The maximum Gasteiger partial charge on any atom is 0.144 e. The Morgan fingerprint density at radius 3 is 2.78 bits per heavy atom. The van der Waals surface area contributed by atoms with Gasteiger partial charge in [0.15, 0.2) is 0 Å². The summed E-state index contributed by atoms with van der Waals surface area (Å²) in [7, 11) is 1.72. The largest absolute Gasteiger partial charge is 0.495 e. The van der Waals surface area contributed by atoms with Crippen LogP contribution in [0.1, 0.15) is 33.6 Å². The van der Waals surface area contributed by atoms with Crippen molar-refractivity contribution in [3.8, 4) is 5.75 Å². The Bertz CT molecular complexity index is 409. The minimum atomic E-state index is 0.348. The molecule has 1 aliphatic rings. The number of ether oxygens (including phenoxy) is 1. The molecule has 1 aliphatic heterocycles. The van der Waals surface area contributed by atoms with Crippen LogP contribution in [0.15, 0.2) is 18.2 Å². The van der Waals surface area contributed by atoms with Gasteiger partial charge in [0.1, 0.15) is 11.4 Å². The first-order valence-corrected chi connectivity index (χ1v) is 6.67. The molecule has 0 saturated heterocycles. The molecule has 1 unspecified atom stereocenters. The zero-order valence-corrected chi connectivity index (χ0v) is 11.8. The molecule has 0 aromatic heterocycles.